The number of aromatic nitrogens is 1. The highest BCUT2D eigenvalue weighted by atomic mass is 35.5. The number of pyridine rings is 1. The third-order valence-corrected chi connectivity index (χ3v) is 3.24. The summed E-state index contributed by atoms with van der Waals surface area (Å²) in [5.74, 6) is 0.534. The zero-order valence-corrected chi connectivity index (χ0v) is 12.1. The van der Waals surface area contributed by atoms with E-state index in [2.05, 4.69) is 10.1 Å². The molecule has 0 saturated carbocycles. The molecule has 0 radical (unpaired) electrons. The second-order valence-electron chi connectivity index (χ2n) is 4.02. The highest BCUT2D eigenvalue weighted by Crippen LogP contribution is 2.31. The second-order valence-corrected chi connectivity index (χ2v) is 4.86. The van der Waals surface area contributed by atoms with Gasteiger partial charge in [-0.2, -0.15) is 0 Å². The molecule has 2 aromatic rings. The van der Waals surface area contributed by atoms with Crippen molar-refractivity contribution in [2.24, 2.45) is 10.9 Å². The minimum absolute atomic E-state index is 0.0116. The average molecular weight is 311 g/mol. The molecule has 0 fully saturated rings. The highest BCUT2D eigenvalue weighted by Gasteiger charge is 2.15. The molecule has 0 aliphatic carbocycles. The largest absolute Gasteiger partial charge is 0.409 e. The van der Waals surface area contributed by atoms with E-state index in [0.29, 0.717) is 27.1 Å². The molecule has 0 aliphatic rings. The van der Waals surface area contributed by atoms with E-state index >= 15 is 0 Å². The van der Waals surface area contributed by atoms with Crippen LogP contribution in [0.15, 0.2) is 41.7 Å². The van der Waals surface area contributed by atoms with Crippen molar-refractivity contribution in [1.29, 1.82) is 0 Å². The van der Waals surface area contributed by atoms with Crippen LogP contribution in [-0.4, -0.2) is 23.1 Å². The fourth-order valence-corrected chi connectivity index (χ4v) is 2.31. The molecule has 104 valence electrons. The van der Waals surface area contributed by atoms with Crippen LogP contribution in [0.1, 0.15) is 5.56 Å². The average Bonchev–Trinajstić information content (AvgIpc) is 2.46. The smallest absolute Gasteiger partial charge is 0.172 e. The number of anilines is 2. The molecular weight excluding hydrogens is 299 g/mol. The summed E-state index contributed by atoms with van der Waals surface area (Å²) in [6.45, 7) is 0. The lowest BCUT2D eigenvalue weighted by Crippen LogP contribution is -2.20. The molecule has 2 rings (SSSR count). The number of oxime groups is 1. The van der Waals surface area contributed by atoms with Crippen LogP contribution in [-0.2, 0) is 0 Å². The lowest BCUT2D eigenvalue weighted by Gasteiger charge is -2.22. The van der Waals surface area contributed by atoms with Crippen molar-refractivity contribution < 1.29 is 5.21 Å². The number of halogens is 2. The van der Waals surface area contributed by atoms with Gasteiger partial charge in [-0.1, -0.05) is 40.5 Å². The molecule has 3 N–H and O–H groups in total. The van der Waals surface area contributed by atoms with Crippen LogP contribution in [0.4, 0.5) is 11.5 Å². The molecule has 1 aromatic carbocycles. The highest BCUT2D eigenvalue weighted by molar-refractivity contribution is 6.36. The van der Waals surface area contributed by atoms with Crippen molar-refractivity contribution >= 4 is 40.5 Å². The normalized spacial score (nSPS) is 11.4. The molecule has 0 unspecified atom stereocenters. The number of para-hydroxylation sites is 1. The molecule has 0 atom stereocenters. The fourth-order valence-electron chi connectivity index (χ4n) is 1.80. The number of hydrogen-bond acceptors (Lipinski definition) is 4. The van der Waals surface area contributed by atoms with Gasteiger partial charge in [0.1, 0.15) is 0 Å². The van der Waals surface area contributed by atoms with Crippen LogP contribution in [0.25, 0.3) is 0 Å². The van der Waals surface area contributed by atoms with E-state index in [1.807, 2.05) is 12.1 Å². The fraction of sp³-hybridized carbons (Fsp3) is 0.0769. The summed E-state index contributed by atoms with van der Waals surface area (Å²) >= 11 is 12.0. The molecule has 20 heavy (non-hydrogen) atoms. The van der Waals surface area contributed by atoms with Gasteiger partial charge in [0.05, 0.1) is 15.7 Å². The Hall–Kier alpha value is -1.98. The zero-order chi connectivity index (χ0) is 14.7. The molecule has 0 amide bonds. The molecular formula is C13H12Cl2N4O. The minimum Gasteiger partial charge on any atom is -0.409 e. The van der Waals surface area contributed by atoms with Crippen LogP contribution in [0, 0.1) is 0 Å². The molecule has 0 bridgehead atoms. The predicted octanol–water partition coefficient (Wildman–Crippen LogP) is 3.25. The van der Waals surface area contributed by atoms with Gasteiger partial charge in [0.15, 0.2) is 11.7 Å². The van der Waals surface area contributed by atoms with Crippen LogP contribution >= 0.6 is 23.2 Å². The molecule has 7 heteroatoms. The lowest BCUT2D eigenvalue weighted by atomic mass is 10.1. The van der Waals surface area contributed by atoms with Crippen LogP contribution in [0.5, 0.6) is 0 Å². The van der Waals surface area contributed by atoms with E-state index in [0.717, 1.165) is 0 Å². The second kappa shape index (κ2) is 5.98. The maximum Gasteiger partial charge on any atom is 0.172 e. The van der Waals surface area contributed by atoms with Gasteiger partial charge in [-0.05, 0) is 18.2 Å². The molecule has 0 saturated heterocycles. The number of rotatable bonds is 3. The maximum atomic E-state index is 8.84. The summed E-state index contributed by atoms with van der Waals surface area (Å²) < 4.78 is 0. The van der Waals surface area contributed by atoms with E-state index in [1.54, 1.807) is 30.1 Å². The number of nitrogens with two attached hydrogens (primary N) is 1. The van der Waals surface area contributed by atoms with Gasteiger partial charge >= 0.3 is 0 Å². The topological polar surface area (TPSA) is 74.7 Å². The molecule has 0 spiro atoms. The van der Waals surface area contributed by atoms with Crippen LogP contribution in [0.3, 0.4) is 0 Å². The summed E-state index contributed by atoms with van der Waals surface area (Å²) in [4.78, 5) is 5.94. The molecule has 1 heterocycles. The summed E-state index contributed by atoms with van der Waals surface area (Å²) in [6, 6.07) is 8.80. The van der Waals surface area contributed by atoms with E-state index in [9.17, 15) is 0 Å². The third kappa shape index (κ3) is 2.79. The first-order valence-corrected chi connectivity index (χ1v) is 6.42. The van der Waals surface area contributed by atoms with Gasteiger partial charge in [-0.3, -0.25) is 0 Å². The number of hydrogen-bond donors (Lipinski definition) is 2. The quantitative estimate of drug-likeness (QED) is 0.395. The third-order valence-electron chi connectivity index (χ3n) is 2.76. The van der Waals surface area contributed by atoms with Crippen molar-refractivity contribution in [2.45, 2.75) is 0 Å². The Morgan fingerprint density at radius 2 is 2.05 bits per heavy atom. The Balaban J connectivity index is 2.51. The van der Waals surface area contributed by atoms with E-state index in [1.165, 1.54) is 6.20 Å². The van der Waals surface area contributed by atoms with Gasteiger partial charge in [0.25, 0.3) is 0 Å². The van der Waals surface area contributed by atoms with Crippen molar-refractivity contribution in [3.63, 3.8) is 0 Å². The summed E-state index contributed by atoms with van der Waals surface area (Å²) in [5.41, 5.74) is 6.95. The SMILES string of the molecule is CN(c1ccccc1/C(N)=N/O)c1ncc(Cl)cc1Cl. The van der Waals surface area contributed by atoms with Crippen molar-refractivity contribution in [3.8, 4) is 0 Å². The van der Waals surface area contributed by atoms with Gasteiger partial charge in [0.2, 0.25) is 0 Å². The Morgan fingerprint density at radius 3 is 2.70 bits per heavy atom. The number of nitrogens with zero attached hydrogens (tertiary/aromatic N) is 3. The van der Waals surface area contributed by atoms with Gasteiger partial charge in [-0.15, -0.1) is 0 Å². The van der Waals surface area contributed by atoms with Crippen molar-refractivity contribution in [1.82, 2.24) is 4.98 Å². The summed E-state index contributed by atoms with van der Waals surface area (Å²) in [6.07, 6.45) is 1.51. The Morgan fingerprint density at radius 1 is 1.35 bits per heavy atom. The molecule has 1 aromatic heterocycles. The van der Waals surface area contributed by atoms with E-state index < -0.39 is 0 Å². The van der Waals surface area contributed by atoms with Gasteiger partial charge in [-0.25, -0.2) is 4.98 Å². The van der Waals surface area contributed by atoms with E-state index in [4.69, 9.17) is 34.1 Å². The Labute approximate surface area is 126 Å². The summed E-state index contributed by atoms with van der Waals surface area (Å²) in [5, 5.41) is 12.7. The summed E-state index contributed by atoms with van der Waals surface area (Å²) in [7, 11) is 1.78. The zero-order valence-electron chi connectivity index (χ0n) is 10.6. The first kappa shape index (κ1) is 14.4. The van der Waals surface area contributed by atoms with Gasteiger partial charge in [0, 0.05) is 18.8 Å². The number of amidine groups is 1. The Kier molecular flexibility index (Phi) is 4.32. The number of benzene rings is 1. The van der Waals surface area contributed by atoms with Crippen LogP contribution in [0.2, 0.25) is 10.0 Å². The Bertz CT molecular complexity index is 661. The predicted molar refractivity (Wildman–Crippen MR) is 81.3 cm³/mol. The standard InChI is InChI=1S/C13H12Cl2N4O/c1-19(13-10(15)6-8(14)7-17-13)11-5-3-2-4-9(11)12(16)18-20/h2-7,20H,1H3,(H2,16,18). The molecule has 5 nitrogen and oxygen atoms in total. The minimum atomic E-state index is 0.0116. The first-order chi connectivity index (χ1) is 9.54. The molecule has 0 aliphatic heterocycles. The van der Waals surface area contributed by atoms with E-state index in [-0.39, 0.29) is 5.84 Å². The van der Waals surface area contributed by atoms with Crippen molar-refractivity contribution in [3.05, 3.63) is 52.1 Å². The first-order valence-electron chi connectivity index (χ1n) is 5.66. The van der Waals surface area contributed by atoms with Crippen molar-refractivity contribution in [2.75, 3.05) is 11.9 Å². The van der Waals surface area contributed by atoms with Gasteiger partial charge < -0.3 is 15.8 Å². The maximum absolute atomic E-state index is 8.84. The van der Waals surface area contributed by atoms with Crippen LogP contribution < -0.4 is 10.6 Å². The monoisotopic (exact) mass is 310 g/mol. The lowest BCUT2D eigenvalue weighted by molar-refractivity contribution is 0.318.